The Bertz CT molecular complexity index is 696. The zero-order valence-electron chi connectivity index (χ0n) is 8.90. The van der Waals surface area contributed by atoms with Gasteiger partial charge in [-0.25, -0.2) is 8.42 Å². The largest absolute Gasteiger partial charge is 0.263 e. The average molecular weight is 322 g/mol. The second kappa shape index (κ2) is 5.10. The van der Waals surface area contributed by atoms with Crippen molar-refractivity contribution >= 4 is 42.9 Å². The molecule has 6 heteroatoms. The van der Waals surface area contributed by atoms with Gasteiger partial charge in [0.2, 0.25) is 0 Å². The number of halogens is 3. The average Bonchev–Trinajstić information content (AvgIpc) is 2.27. The minimum atomic E-state index is -3.95. The predicted octanol–water partition coefficient (Wildman–Crippen LogP) is 4.59. The first-order valence-corrected chi connectivity index (χ1v) is 7.96. The van der Waals surface area contributed by atoms with Crippen LogP contribution in [-0.2, 0) is 9.05 Å². The number of hydrogen-bond acceptors (Lipinski definition) is 2. The molecule has 0 aliphatic carbocycles. The fourth-order valence-electron chi connectivity index (χ4n) is 1.65. The fourth-order valence-corrected chi connectivity index (χ4v) is 3.72. The number of hydrogen-bond donors (Lipinski definition) is 0. The van der Waals surface area contributed by atoms with Crippen LogP contribution in [0.4, 0.5) is 0 Å². The third kappa shape index (κ3) is 2.64. The van der Waals surface area contributed by atoms with Crippen LogP contribution in [0.3, 0.4) is 0 Å². The predicted molar refractivity (Wildman–Crippen MR) is 74.9 cm³/mol. The maximum Gasteiger partial charge on any atom is 0.263 e. The molecule has 2 nitrogen and oxygen atoms in total. The molecule has 0 amide bonds. The van der Waals surface area contributed by atoms with Crippen LogP contribution in [0.1, 0.15) is 0 Å². The normalized spacial score (nSPS) is 11.5. The lowest BCUT2D eigenvalue weighted by molar-refractivity contribution is 0.610. The summed E-state index contributed by atoms with van der Waals surface area (Å²) in [4.78, 5) is -0.124. The summed E-state index contributed by atoms with van der Waals surface area (Å²) in [6.45, 7) is 0. The highest BCUT2D eigenvalue weighted by Gasteiger charge is 2.21. The molecule has 0 atom stereocenters. The van der Waals surface area contributed by atoms with Gasteiger partial charge in [0.15, 0.2) is 0 Å². The summed E-state index contributed by atoms with van der Waals surface area (Å²) in [6, 6.07) is 11.6. The monoisotopic (exact) mass is 320 g/mol. The third-order valence-corrected chi connectivity index (χ3v) is 4.52. The van der Waals surface area contributed by atoms with E-state index >= 15 is 0 Å². The molecule has 0 bridgehead atoms. The molecule has 2 aromatic carbocycles. The Morgan fingerprint density at radius 1 is 0.778 bits per heavy atom. The maximum atomic E-state index is 11.6. The Balaban J connectivity index is 2.82. The highest BCUT2D eigenvalue weighted by atomic mass is 35.7. The Hall–Kier alpha value is -0.740. The van der Waals surface area contributed by atoms with Crippen molar-refractivity contribution < 1.29 is 8.42 Å². The molecule has 0 spiro atoms. The van der Waals surface area contributed by atoms with Crippen molar-refractivity contribution in [1.29, 1.82) is 0 Å². The summed E-state index contributed by atoms with van der Waals surface area (Å²) in [5.41, 5.74) is 0.962. The highest BCUT2D eigenvalue weighted by molar-refractivity contribution is 8.14. The second-order valence-electron chi connectivity index (χ2n) is 3.53. The first-order chi connectivity index (χ1) is 8.41. The standard InChI is InChI=1S/C12H7Cl3O2S/c13-10-6-2-1-4-8(10)9-5-3-7-11(14)12(9)18(15,16)17/h1-7H. The van der Waals surface area contributed by atoms with Gasteiger partial charge >= 0.3 is 0 Å². The van der Waals surface area contributed by atoms with Crippen LogP contribution in [0.25, 0.3) is 11.1 Å². The van der Waals surface area contributed by atoms with Crippen LogP contribution >= 0.6 is 33.9 Å². The molecule has 0 aliphatic heterocycles. The number of benzene rings is 2. The Kier molecular flexibility index (Phi) is 3.87. The molecule has 18 heavy (non-hydrogen) atoms. The van der Waals surface area contributed by atoms with Crippen LogP contribution in [0.5, 0.6) is 0 Å². The van der Waals surface area contributed by atoms with Crippen molar-refractivity contribution in [1.82, 2.24) is 0 Å². The SMILES string of the molecule is O=S(=O)(Cl)c1c(Cl)cccc1-c1ccccc1Cl. The Labute approximate surface area is 120 Å². The molecule has 0 aromatic heterocycles. The van der Waals surface area contributed by atoms with E-state index in [1.165, 1.54) is 6.07 Å². The van der Waals surface area contributed by atoms with Gasteiger partial charge < -0.3 is 0 Å². The van der Waals surface area contributed by atoms with Crippen molar-refractivity contribution in [2.24, 2.45) is 0 Å². The van der Waals surface area contributed by atoms with Crippen molar-refractivity contribution in [3.05, 3.63) is 52.5 Å². The first-order valence-electron chi connectivity index (χ1n) is 4.89. The molecule has 0 radical (unpaired) electrons. The van der Waals surface area contributed by atoms with Crippen molar-refractivity contribution in [2.45, 2.75) is 4.90 Å². The fraction of sp³-hybridized carbons (Fsp3) is 0. The summed E-state index contributed by atoms with van der Waals surface area (Å²) < 4.78 is 23.2. The van der Waals surface area contributed by atoms with Crippen LogP contribution in [0.15, 0.2) is 47.4 Å². The molecule has 0 heterocycles. The maximum absolute atomic E-state index is 11.6. The van der Waals surface area contributed by atoms with Crippen LogP contribution < -0.4 is 0 Å². The van der Waals surface area contributed by atoms with Gasteiger partial charge in [0.25, 0.3) is 9.05 Å². The minimum absolute atomic E-state index is 0.0717. The van der Waals surface area contributed by atoms with Crippen molar-refractivity contribution in [3.63, 3.8) is 0 Å². The van der Waals surface area contributed by atoms with E-state index in [2.05, 4.69) is 0 Å². The zero-order valence-corrected chi connectivity index (χ0v) is 12.0. The zero-order chi connectivity index (χ0) is 13.3. The van der Waals surface area contributed by atoms with Crippen LogP contribution in [0, 0.1) is 0 Å². The minimum Gasteiger partial charge on any atom is -0.207 e. The summed E-state index contributed by atoms with van der Waals surface area (Å²) in [6.07, 6.45) is 0. The molecule has 0 N–H and O–H groups in total. The smallest absolute Gasteiger partial charge is 0.207 e. The third-order valence-electron chi connectivity index (χ3n) is 2.37. The quantitative estimate of drug-likeness (QED) is 0.758. The summed E-state index contributed by atoms with van der Waals surface area (Å²) in [7, 11) is 1.47. The molecule has 0 unspecified atom stereocenters. The number of rotatable bonds is 2. The van der Waals surface area contributed by atoms with E-state index in [0.29, 0.717) is 16.1 Å². The van der Waals surface area contributed by atoms with E-state index in [1.807, 2.05) is 0 Å². The second-order valence-corrected chi connectivity index (χ2v) is 6.85. The lowest BCUT2D eigenvalue weighted by atomic mass is 10.1. The molecular formula is C12H7Cl3O2S. The van der Waals surface area contributed by atoms with Crippen molar-refractivity contribution in [2.75, 3.05) is 0 Å². The molecule has 0 aliphatic rings. The van der Waals surface area contributed by atoms with Gasteiger partial charge in [-0.05, 0) is 12.1 Å². The molecule has 0 saturated heterocycles. The van der Waals surface area contributed by atoms with Gasteiger partial charge in [0.1, 0.15) is 4.90 Å². The van der Waals surface area contributed by atoms with Crippen LogP contribution in [0.2, 0.25) is 10.0 Å². The van der Waals surface area contributed by atoms with E-state index in [9.17, 15) is 8.42 Å². The summed E-state index contributed by atoms with van der Waals surface area (Å²) in [5, 5.41) is 0.503. The van der Waals surface area contributed by atoms with Crippen molar-refractivity contribution in [3.8, 4) is 11.1 Å². The molecule has 0 saturated carbocycles. The topological polar surface area (TPSA) is 34.1 Å². The Morgan fingerprint density at radius 2 is 1.33 bits per heavy atom. The van der Waals surface area contributed by atoms with E-state index in [1.54, 1.807) is 36.4 Å². The van der Waals surface area contributed by atoms with E-state index in [0.717, 1.165) is 0 Å². The van der Waals surface area contributed by atoms with Gasteiger partial charge in [-0.2, -0.15) is 0 Å². The Morgan fingerprint density at radius 3 is 1.94 bits per heavy atom. The van der Waals surface area contributed by atoms with Crippen LogP contribution in [-0.4, -0.2) is 8.42 Å². The molecular weight excluding hydrogens is 315 g/mol. The summed E-state index contributed by atoms with van der Waals surface area (Å²) in [5.74, 6) is 0. The summed E-state index contributed by atoms with van der Waals surface area (Å²) >= 11 is 12.0. The first kappa shape index (κ1) is 13.7. The molecule has 2 rings (SSSR count). The molecule has 94 valence electrons. The molecule has 0 fully saturated rings. The van der Waals surface area contributed by atoms with Gasteiger partial charge in [0, 0.05) is 26.8 Å². The van der Waals surface area contributed by atoms with Gasteiger partial charge in [0.05, 0.1) is 5.02 Å². The van der Waals surface area contributed by atoms with Gasteiger partial charge in [-0.3, -0.25) is 0 Å². The van der Waals surface area contributed by atoms with Gasteiger partial charge in [-0.15, -0.1) is 0 Å². The van der Waals surface area contributed by atoms with E-state index in [4.69, 9.17) is 33.9 Å². The van der Waals surface area contributed by atoms with Gasteiger partial charge in [-0.1, -0.05) is 53.5 Å². The lowest BCUT2D eigenvalue weighted by Gasteiger charge is -2.10. The van der Waals surface area contributed by atoms with E-state index < -0.39 is 9.05 Å². The van der Waals surface area contributed by atoms with E-state index in [-0.39, 0.29) is 9.92 Å². The highest BCUT2D eigenvalue weighted by Crippen LogP contribution is 2.37. The molecule has 2 aromatic rings. The lowest BCUT2D eigenvalue weighted by Crippen LogP contribution is -1.96.